The largest absolute Gasteiger partial charge is 0.481 e. The third kappa shape index (κ3) is 8.95. The van der Waals surface area contributed by atoms with E-state index in [1.54, 1.807) is 0 Å². The lowest BCUT2D eigenvalue weighted by atomic mass is 10.2. The number of carboxylic acids is 1. The Morgan fingerprint density at radius 1 is 1.25 bits per heavy atom. The van der Waals surface area contributed by atoms with E-state index in [9.17, 15) is 4.79 Å². The predicted octanol–water partition coefficient (Wildman–Crippen LogP) is 2.76. The van der Waals surface area contributed by atoms with Crippen molar-refractivity contribution in [1.29, 1.82) is 0 Å². The molecule has 0 saturated heterocycles. The number of aliphatic carboxylic acids is 1. The monoisotopic (exact) mass is 168 g/mol. The first-order valence-corrected chi connectivity index (χ1v) is 4.25. The van der Waals surface area contributed by atoms with Gasteiger partial charge in [0.1, 0.15) is 0 Å². The standard InChI is InChI=1S/C10H16O2/c1-2-3-4-5-6-7-8-9-10(11)12/h2,6-7H,1,3-5,8-9H2,(H,11,12)/b7-6+. The molecule has 0 radical (unpaired) electrons. The molecule has 0 spiro atoms. The van der Waals surface area contributed by atoms with Crippen LogP contribution in [0.2, 0.25) is 0 Å². The van der Waals surface area contributed by atoms with E-state index in [2.05, 4.69) is 6.58 Å². The van der Waals surface area contributed by atoms with Crippen molar-refractivity contribution in [2.45, 2.75) is 32.1 Å². The van der Waals surface area contributed by atoms with E-state index in [1.165, 1.54) is 0 Å². The smallest absolute Gasteiger partial charge is 0.303 e. The first-order valence-electron chi connectivity index (χ1n) is 4.25. The van der Waals surface area contributed by atoms with Crippen molar-refractivity contribution in [1.82, 2.24) is 0 Å². The zero-order chi connectivity index (χ0) is 9.23. The number of unbranched alkanes of at least 4 members (excludes halogenated alkanes) is 2. The SMILES string of the molecule is C=CCCC/C=C/CCC(=O)O. The van der Waals surface area contributed by atoms with Gasteiger partial charge in [-0.3, -0.25) is 4.79 Å². The van der Waals surface area contributed by atoms with Gasteiger partial charge in [0.2, 0.25) is 0 Å². The summed E-state index contributed by atoms with van der Waals surface area (Å²) in [5.74, 6) is -0.731. The van der Waals surface area contributed by atoms with Gasteiger partial charge in [0, 0.05) is 6.42 Å². The van der Waals surface area contributed by atoms with Gasteiger partial charge in [0.25, 0.3) is 0 Å². The van der Waals surface area contributed by atoms with E-state index in [0.717, 1.165) is 19.3 Å². The highest BCUT2D eigenvalue weighted by Gasteiger charge is 1.90. The van der Waals surface area contributed by atoms with Gasteiger partial charge in [-0.15, -0.1) is 6.58 Å². The van der Waals surface area contributed by atoms with Crippen molar-refractivity contribution in [3.63, 3.8) is 0 Å². The molecule has 0 aromatic rings. The van der Waals surface area contributed by atoms with E-state index < -0.39 is 5.97 Å². The van der Waals surface area contributed by atoms with Gasteiger partial charge >= 0.3 is 5.97 Å². The summed E-state index contributed by atoms with van der Waals surface area (Å²) in [6, 6.07) is 0. The minimum atomic E-state index is -0.731. The van der Waals surface area contributed by atoms with Gasteiger partial charge in [0.05, 0.1) is 0 Å². The molecular formula is C10H16O2. The highest BCUT2D eigenvalue weighted by molar-refractivity contribution is 5.66. The molecule has 2 heteroatoms. The summed E-state index contributed by atoms with van der Waals surface area (Å²) in [6.45, 7) is 3.62. The summed E-state index contributed by atoms with van der Waals surface area (Å²) < 4.78 is 0. The second-order valence-corrected chi connectivity index (χ2v) is 2.62. The molecule has 0 amide bonds. The average molecular weight is 168 g/mol. The molecule has 0 aliphatic carbocycles. The molecule has 68 valence electrons. The lowest BCUT2D eigenvalue weighted by Crippen LogP contribution is -1.91. The Hall–Kier alpha value is -1.05. The molecule has 0 saturated carbocycles. The number of allylic oxidation sites excluding steroid dienone is 3. The van der Waals surface area contributed by atoms with Crippen molar-refractivity contribution in [2.75, 3.05) is 0 Å². The van der Waals surface area contributed by atoms with Crippen LogP contribution < -0.4 is 0 Å². The number of rotatable bonds is 7. The molecule has 0 atom stereocenters. The summed E-state index contributed by atoms with van der Waals surface area (Å²) in [7, 11) is 0. The number of hydrogen-bond acceptors (Lipinski definition) is 1. The van der Waals surface area contributed by atoms with Crippen LogP contribution in [0.15, 0.2) is 24.8 Å². The number of hydrogen-bond donors (Lipinski definition) is 1. The molecule has 0 rings (SSSR count). The van der Waals surface area contributed by atoms with Crippen LogP contribution in [0, 0.1) is 0 Å². The Morgan fingerprint density at radius 3 is 2.50 bits per heavy atom. The fraction of sp³-hybridized carbons (Fsp3) is 0.500. The summed E-state index contributed by atoms with van der Waals surface area (Å²) in [5.41, 5.74) is 0. The van der Waals surface area contributed by atoms with Gasteiger partial charge < -0.3 is 5.11 Å². The Labute approximate surface area is 73.6 Å². The lowest BCUT2D eigenvalue weighted by molar-refractivity contribution is -0.136. The van der Waals surface area contributed by atoms with Crippen LogP contribution in [0.4, 0.5) is 0 Å². The van der Waals surface area contributed by atoms with Crippen molar-refractivity contribution < 1.29 is 9.90 Å². The van der Waals surface area contributed by atoms with Crippen molar-refractivity contribution in [3.05, 3.63) is 24.8 Å². The van der Waals surface area contributed by atoms with E-state index in [0.29, 0.717) is 6.42 Å². The molecule has 0 aromatic heterocycles. The third-order valence-electron chi connectivity index (χ3n) is 1.47. The summed E-state index contributed by atoms with van der Waals surface area (Å²) in [4.78, 5) is 10.1. The maximum Gasteiger partial charge on any atom is 0.303 e. The Kier molecular flexibility index (Phi) is 7.35. The fourth-order valence-electron chi connectivity index (χ4n) is 0.823. The van der Waals surface area contributed by atoms with Crippen LogP contribution in [0.3, 0.4) is 0 Å². The molecular weight excluding hydrogens is 152 g/mol. The van der Waals surface area contributed by atoms with Crippen LogP contribution in [0.5, 0.6) is 0 Å². The second-order valence-electron chi connectivity index (χ2n) is 2.62. The second kappa shape index (κ2) is 8.05. The van der Waals surface area contributed by atoms with E-state index >= 15 is 0 Å². The van der Waals surface area contributed by atoms with Crippen molar-refractivity contribution in [3.8, 4) is 0 Å². The highest BCUT2D eigenvalue weighted by atomic mass is 16.4. The molecule has 0 fully saturated rings. The van der Waals surface area contributed by atoms with Crippen LogP contribution in [-0.4, -0.2) is 11.1 Å². The van der Waals surface area contributed by atoms with Gasteiger partial charge in [-0.1, -0.05) is 18.2 Å². The van der Waals surface area contributed by atoms with Crippen LogP contribution in [-0.2, 0) is 4.79 Å². The molecule has 0 aliphatic rings. The quantitative estimate of drug-likeness (QED) is 0.469. The van der Waals surface area contributed by atoms with Crippen molar-refractivity contribution in [2.24, 2.45) is 0 Å². The molecule has 1 N–H and O–H groups in total. The number of carbonyl (C=O) groups is 1. The molecule has 0 bridgehead atoms. The van der Waals surface area contributed by atoms with E-state index in [4.69, 9.17) is 5.11 Å². The number of carboxylic acid groups (broad SMARTS) is 1. The van der Waals surface area contributed by atoms with Crippen molar-refractivity contribution >= 4 is 5.97 Å². The van der Waals surface area contributed by atoms with E-state index in [-0.39, 0.29) is 6.42 Å². The minimum absolute atomic E-state index is 0.234. The van der Waals surface area contributed by atoms with Gasteiger partial charge in [0.15, 0.2) is 0 Å². The van der Waals surface area contributed by atoms with Gasteiger partial charge in [-0.05, 0) is 25.7 Å². The van der Waals surface area contributed by atoms with Crippen LogP contribution in [0.1, 0.15) is 32.1 Å². The predicted molar refractivity (Wildman–Crippen MR) is 50.1 cm³/mol. The average Bonchev–Trinajstić information content (AvgIpc) is 2.02. The molecule has 0 aromatic carbocycles. The first-order chi connectivity index (χ1) is 5.77. The topological polar surface area (TPSA) is 37.3 Å². The Morgan fingerprint density at radius 2 is 1.92 bits per heavy atom. The maximum absolute atomic E-state index is 10.1. The molecule has 12 heavy (non-hydrogen) atoms. The van der Waals surface area contributed by atoms with E-state index in [1.807, 2.05) is 18.2 Å². The van der Waals surface area contributed by atoms with Gasteiger partial charge in [-0.2, -0.15) is 0 Å². The minimum Gasteiger partial charge on any atom is -0.481 e. The normalized spacial score (nSPS) is 10.3. The Balaban J connectivity index is 3.14. The summed E-state index contributed by atoms with van der Waals surface area (Å²) >= 11 is 0. The summed E-state index contributed by atoms with van der Waals surface area (Å²) in [5, 5.41) is 8.31. The molecule has 0 heterocycles. The Bertz CT molecular complexity index is 159. The lowest BCUT2D eigenvalue weighted by Gasteiger charge is -1.89. The molecule has 0 unspecified atom stereocenters. The van der Waals surface area contributed by atoms with Gasteiger partial charge in [-0.25, -0.2) is 0 Å². The zero-order valence-corrected chi connectivity index (χ0v) is 7.33. The zero-order valence-electron chi connectivity index (χ0n) is 7.33. The molecule has 0 aliphatic heterocycles. The first kappa shape index (κ1) is 11.0. The maximum atomic E-state index is 10.1. The van der Waals surface area contributed by atoms with Crippen LogP contribution in [0.25, 0.3) is 0 Å². The fourth-order valence-corrected chi connectivity index (χ4v) is 0.823. The highest BCUT2D eigenvalue weighted by Crippen LogP contribution is 1.98. The van der Waals surface area contributed by atoms with Crippen LogP contribution >= 0.6 is 0 Å². The third-order valence-corrected chi connectivity index (χ3v) is 1.47. The summed E-state index contributed by atoms with van der Waals surface area (Å²) in [6.07, 6.45) is 9.89. The molecule has 2 nitrogen and oxygen atoms in total.